The average molecular weight is 340 g/mol. The minimum Gasteiger partial charge on any atom is -0.313 e. The fourth-order valence-corrected chi connectivity index (χ4v) is 2.45. The van der Waals surface area contributed by atoms with Gasteiger partial charge in [0.05, 0.1) is 0 Å². The van der Waals surface area contributed by atoms with Crippen LogP contribution in [0.2, 0.25) is 0 Å². The molecular weight excluding hydrogens is 324 g/mol. The van der Waals surface area contributed by atoms with E-state index >= 15 is 0 Å². The lowest BCUT2D eigenvalue weighted by Gasteiger charge is -2.18. The van der Waals surface area contributed by atoms with Crippen molar-refractivity contribution in [3.05, 3.63) is 69.2 Å². The van der Waals surface area contributed by atoms with Gasteiger partial charge < -0.3 is 5.32 Å². The number of halogens is 3. The van der Waals surface area contributed by atoms with E-state index in [0.29, 0.717) is 22.0 Å². The maximum absolute atomic E-state index is 13.9. The van der Waals surface area contributed by atoms with Crippen molar-refractivity contribution < 1.29 is 8.78 Å². The van der Waals surface area contributed by atoms with Gasteiger partial charge in [-0.2, -0.15) is 0 Å². The monoisotopic (exact) mass is 339 g/mol. The maximum atomic E-state index is 13.9. The van der Waals surface area contributed by atoms with Crippen LogP contribution in [0.1, 0.15) is 22.7 Å². The van der Waals surface area contributed by atoms with Gasteiger partial charge in [-0.1, -0.05) is 34.1 Å². The first-order chi connectivity index (χ1) is 9.51. The van der Waals surface area contributed by atoms with Crippen LogP contribution in [0.4, 0.5) is 8.78 Å². The molecule has 0 spiro atoms. The summed E-state index contributed by atoms with van der Waals surface area (Å²) in [6.07, 6.45) is 0.470. The second kappa shape index (κ2) is 6.46. The van der Waals surface area contributed by atoms with Gasteiger partial charge in [0.25, 0.3) is 0 Å². The largest absolute Gasteiger partial charge is 0.313 e. The molecule has 0 saturated carbocycles. The van der Waals surface area contributed by atoms with E-state index in [-0.39, 0.29) is 17.7 Å². The molecule has 1 unspecified atom stereocenters. The van der Waals surface area contributed by atoms with E-state index in [1.807, 2.05) is 6.07 Å². The summed E-state index contributed by atoms with van der Waals surface area (Å²) in [4.78, 5) is 0. The average Bonchev–Trinajstić information content (AvgIpc) is 2.41. The van der Waals surface area contributed by atoms with Crippen LogP contribution in [0.3, 0.4) is 0 Å². The molecule has 0 saturated heterocycles. The van der Waals surface area contributed by atoms with Crippen molar-refractivity contribution in [3.8, 4) is 0 Å². The zero-order valence-corrected chi connectivity index (χ0v) is 13.0. The number of likely N-dealkylation sites (N-methyl/N-ethyl adjacent to an activating group) is 1. The van der Waals surface area contributed by atoms with E-state index in [4.69, 9.17) is 0 Å². The van der Waals surface area contributed by atoms with E-state index in [1.165, 1.54) is 12.1 Å². The summed E-state index contributed by atoms with van der Waals surface area (Å²) in [6, 6.07) is 9.99. The summed E-state index contributed by atoms with van der Waals surface area (Å²) in [5.41, 5.74) is 2.03. The molecule has 1 nitrogen and oxygen atoms in total. The lowest BCUT2D eigenvalue weighted by Crippen LogP contribution is -2.19. The molecule has 0 radical (unpaired) electrons. The number of hydrogen-bond donors (Lipinski definition) is 1. The minimum absolute atomic E-state index is 0.124. The molecule has 0 aromatic heterocycles. The zero-order valence-electron chi connectivity index (χ0n) is 11.4. The van der Waals surface area contributed by atoms with Crippen molar-refractivity contribution in [2.75, 3.05) is 7.05 Å². The van der Waals surface area contributed by atoms with Crippen LogP contribution in [-0.2, 0) is 6.42 Å². The Morgan fingerprint density at radius 1 is 1.10 bits per heavy atom. The SMILES string of the molecule is CNC(Cc1ccc(Br)cc1F)c1ccc(C)c(F)c1. The van der Waals surface area contributed by atoms with Crippen LogP contribution in [0.15, 0.2) is 40.9 Å². The van der Waals surface area contributed by atoms with Gasteiger partial charge in [0.2, 0.25) is 0 Å². The molecule has 0 bridgehead atoms. The number of hydrogen-bond acceptors (Lipinski definition) is 1. The summed E-state index contributed by atoms with van der Waals surface area (Å²) < 4.78 is 28.2. The highest BCUT2D eigenvalue weighted by Crippen LogP contribution is 2.23. The van der Waals surface area contributed by atoms with Crippen LogP contribution < -0.4 is 5.32 Å². The van der Waals surface area contributed by atoms with Gasteiger partial charge in [0.15, 0.2) is 0 Å². The van der Waals surface area contributed by atoms with Gasteiger partial charge in [0.1, 0.15) is 11.6 Å². The first kappa shape index (κ1) is 15.1. The van der Waals surface area contributed by atoms with E-state index in [2.05, 4.69) is 21.2 Å². The topological polar surface area (TPSA) is 12.0 Å². The Balaban J connectivity index is 2.26. The lowest BCUT2D eigenvalue weighted by molar-refractivity contribution is 0.547. The Labute approximate surface area is 126 Å². The molecule has 2 aromatic carbocycles. The molecule has 0 amide bonds. The first-order valence-corrected chi connectivity index (χ1v) is 7.18. The van der Waals surface area contributed by atoms with Crippen LogP contribution in [0.5, 0.6) is 0 Å². The molecular formula is C16H16BrF2N. The first-order valence-electron chi connectivity index (χ1n) is 6.38. The van der Waals surface area contributed by atoms with Crippen molar-refractivity contribution >= 4 is 15.9 Å². The van der Waals surface area contributed by atoms with Crippen molar-refractivity contribution in [1.29, 1.82) is 0 Å². The van der Waals surface area contributed by atoms with Crippen LogP contribution in [-0.4, -0.2) is 7.05 Å². The fourth-order valence-electron chi connectivity index (χ4n) is 2.12. The summed E-state index contributed by atoms with van der Waals surface area (Å²) in [5.74, 6) is -0.494. The number of aryl methyl sites for hydroxylation is 1. The third-order valence-electron chi connectivity index (χ3n) is 3.39. The highest BCUT2D eigenvalue weighted by atomic mass is 79.9. The Morgan fingerprint density at radius 3 is 2.45 bits per heavy atom. The number of nitrogens with one attached hydrogen (secondary N) is 1. The third-order valence-corrected chi connectivity index (χ3v) is 3.88. The highest BCUT2D eigenvalue weighted by Gasteiger charge is 2.14. The Hall–Kier alpha value is -1.26. The fraction of sp³-hybridized carbons (Fsp3) is 0.250. The molecule has 2 aromatic rings. The van der Waals surface area contributed by atoms with E-state index in [0.717, 1.165) is 5.56 Å². The second-order valence-electron chi connectivity index (χ2n) is 4.79. The van der Waals surface area contributed by atoms with Crippen LogP contribution in [0, 0.1) is 18.6 Å². The molecule has 106 valence electrons. The van der Waals surface area contributed by atoms with Crippen LogP contribution in [0.25, 0.3) is 0 Å². The summed E-state index contributed by atoms with van der Waals surface area (Å²) >= 11 is 3.24. The number of rotatable bonds is 4. The predicted molar refractivity (Wildman–Crippen MR) is 80.7 cm³/mol. The van der Waals surface area contributed by atoms with E-state index in [1.54, 1.807) is 32.2 Å². The molecule has 1 N–H and O–H groups in total. The third kappa shape index (κ3) is 3.44. The smallest absolute Gasteiger partial charge is 0.127 e. The Morgan fingerprint density at radius 2 is 1.85 bits per heavy atom. The van der Waals surface area contributed by atoms with Gasteiger partial charge in [-0.25, -0.2) is 8.78 Å². The predicted octanol–water partition coefficient (Wildman–Crippen LogP) is 4.54. The van der Waals surface area contributed by atoms with Gasteiger partial charge >= 0.3 is 0 Å². The standard InChI is InChI=1S/C16H16BrF2N/c1-10-3-4-12(7-14(10)18)16(20-2)8-11-5-6-13(17)9-15(11)19/h3-7,9,16,20H,8H2,1-2H3. The van der Waals surface area contributed by atoms with Gasteiger partial charge in [-0.3, -0.25) is 0 Å². The van der Waals surface area contributed by atoms with Gasteiger partial charge in [0, 0.05) is 10.5 Å². The zero-order chi connectivity index (χ0) is 14.7. The van der Waals surface area contributed by atoms with Crippen LogP contribution >= 0.6 is 15.9 Å². The van der Waals surface area contributed by atoms with E-state index in [9.17, 15) is 8.78 Å². The quantitative estimate of drug-likeness (QED) is 0.862. The van der Waals surface area contributed by atoms with Crippen molar-refractivity contribution in [3.63, 3.8) is 0 Å². The molecule has 20 heavy (non-hydrogen) atoms. The van der Waals surface area contributed by atoms with E-state index < -0.39 is 0 Å². The van der Waals surface area contributed by atoms with Crippen molar-refractivity contribution in [2.45, 2.75) is 19.4 Å². The molecule has 0 heterocycles. The summed E-state index contributed by atoms with van der Waals surface area (Å²) in [5, 5.41) is 3.11. The molecule has 0 aliphatic heterocycles. The van der Waals surface area contributed by atoms with Gasteiger partial charge in [-0.05, 0) is 55.3 Å². The summed E-state index contributed by atoms with van der Waals surface area (Å²) in [7, 11) is 1.79. The Kier molecular flexibility index (Phi) is 4.89. The van der Waals surface area contributed by atoms with Crippen molar-refractivity contribution in [2.24, 2.45) is 0 Å². The number of benzene rings is 2. The highest BCUT2D eigenvalue weighted by molar-refractivity contribution is 9.10. The normalized spacial score (nSPS) is 12.4. The molecule has 0 fully saturated rings. The maximum Gasteiger partial charge on any atom is 0.127 e. The molecule has 1 atom stereocenters. The molecule has 2 rings (SSSR count). The van der Waals surface area contributed by atoms with Gasteiger partial charge in [-0.15, -0.1) is 0 Å². The molecule has 4 heteroatoms. The summed E-state index contributed by atoms with van der Waals surface area (Å²) in [6.45, 7) is 1.72. The minimum atomic E-state index is -0.257. The van der Waals surface area contributed by atoms with Crippen molar-refractivity contribution in [1.82, 2.24) is 5.32 Å². The lowest BCUT2D eigenvalue weighted by atomic mass is 9.97. The second-order valence-corrected chi connectivity index (χ2v) is 5.71. The molecule has 0 aliphatic rings. The Bertz CT molecular complexity index is 613. The molecule has 0 aliphatic carbocycles.